The van der Waals surface area contributed by atoms with E-state index in [2.05, 4.69) is 71.6 Å². The first kappa shape index (κ1) is 26.1. The number of hydrogen-bond donors (Lipinski definition) is 2. The van der Waals surface area contributed by atoms with Crippen molar-refractivity contribution in [3.8, 4) is 11.4 Å². The lowest BCUT2D eigenvalue weighted by Gasteiger charge is -2.44. The van der Waals surface area contributed by atoms with E-state index in [-0.39, 0.29) is 17.9 Å². The van der Waals surface area contributed by atoms with E-state index in [0.717, 1.165) is 59.1 Å². The molecule has 1 aromatic carbocycles. The number of likely N-dealkylation sites (N-methyl/N-ethyl adjacent to an activating group) is 1. The van der Waals surface area contributed by atoms with Crippen LogP contribution in [0.2, 0.25) is 0 Å². The van der Waals surface area contributed by atoms with Gasteiger partial charge in [0.1, 0.15) is 17.8 Å². The summed E-state index contributed by atoms with van der Waals surface area (Å²) in [6.07, 6.45) is 1.60. The minimum absolute atomic E-state index is 0.0437. The molecule has 5 heterocycles. The first-order valence-corrected chi connectivity index (χ1v) is 13.9. The molecule has 0 aliphatic carbocycles. The van der Waals surface area contributed by atoms with Crippen molar-refractivity contribution in [2.24, 2.45) is 0 Å². The van der Waals surface area contributed by atoms with Crippen molar-refractivity contribution in [3.05, 3.63) is 47.6 Å². The molecule has 2 aliphatic rings. The van der Waals surface area contributed by atoms with E-state index in [1.807, 2.05) is 45.0 Å². The number of hydrogen-bond acceptors (Lipinski definition) is 9. The standard InChI is InChI=1S/C28H35N11O/c1-7-38-15(2)12-37(13-16(38)3)24-11-23(29-14-30-24)26-21-10-20(8-9-22(21)32-33-26)31-28(40)25-17(4)18(5)27-34-35-36-39(27)19(25)6/h8-11,14-16,18-19H,7,12-13H2,1-6H3,(H,31,40)(H,32,33)/t15-,16+,18?,19-/m1/s1. The van der Waals surface area contributed by atoms with Gasteiger partial charge in [0.25, 0.3) is 5.91 Å². The molecule has 1 fully saturated rings. The van der Waals surface area contributed by atoms with Crippen LogP contribution in [-0.2, 0) is 4.79 Å². The Morgan fingerprint density at radius 2 is 1.88 bits per heavy atom. The lowest BCUT2D eigenvalue weighted by Crippen LogP contribution is -2.56. The third kappa shape index (κ3) is 4.32. The van der Waals surface area contributed by atoms with Crippen molar-refractivity contribution < 1.29 is 4.79 Å². The van der Waals surface area contributed by atoms with Gasteiger partial charge in [-0.15, -0.1) is 5.10 Å². The van der Waals surface area contributed by atoms with Crippen LogP contribution in [0.1, 0.15) is 59.3 Å². The minimum Gasteiger partial charge on any atom is -0.353 e. The fourth-order valence-electron chi connectivity index (χ4n) is 6.31. The number of rotatable bonds is 5. The van der Waals surface area contributed by atoms with Crippen LogP contribution >= 0.6 is 0 Å². The van der Waals surface area contributed by atoms with Crippen LogP contribution in [0.3, 0.4) is 0 Å². The number of H-pyrrole nitrogens is 1. The van der Waals surface area contributed by atoms with Crippen LogP contribution in [0.15, 0.2) is 41.7 Å². The second kappa shape index (κ2) is 10.1. The van der Waals surface area contributed by atoms with Gasteiger partial charge in [-0.1, -0.05) is 19.4 Å². The number of nitrogens with zero attached hydrogens (tertiary/aromatic N) is 9. The van der Waals surface area contributed by atoms with Crippen LogP contribution in [0.25, 0.3) is 22.3 Å². The summed E-state index contributed by atoms with van der Waals surface area (Å²) >= 11 is 0. The summed E-state index contributed by atoms with van der Waals surface area (Å²) in [6, 6.07) is 8.34. The Morgan fingerprint density at radius 3 is 2.62 bits per heavy atom. The topological polar surface area (TPSA) is 134 Å². The summed E-state index contributed by atoms with van der Waals surface area (Å²) in [5.41, 5.74) is 4.63. The molecule has 3 aromatic heterocycles. The van der Waals surface area contributed by atoms with E-state index in [9.17, 15) is 4.79 Å². The molecule has 40 heavy (non-hydrogen) atoms. The molecule has 1 unspecified atom stereocenters. The van der Waals surface area contributed by atoms with Gasteiger partial charge in [0.05, 0.1) is 17.3 Å². The first-order valence-electron chi connectivity index (χ1n) is 13.9. The molecule has 12 nitrogen and oxygen atoms in total. The Kier molecular flexibility index (Phi) is 6.57. The normalized spacial score (nSPS) is 23.5. The first-order chi connectivity index (χ1) is 19.3. The number of carbonyl (C=O) groups excluding carboxylic acids is 1. The number of nitrogens with one attached hydrogen (secondary N) is 2. The minimum atomic E-state index is -0.265. The van der Waals surface area contributed by atoms with Crippen LogP contribution < -0.4 is 10.2 Å². The molecule has 2 aliphatic heterocycles. The highest BCUT2D eigenvalue weighted by Crippen LogP contribution is 2.37. The van der Waals surface area contributed by atoms with E-state index in [1.54, 1.807) is 11.0 Å². The number of aromatic nitrogens is 8. The van der Waals surface area contributed by atoms with Crippen LogP contribution in [0.5, 0.6) is 0 Å². The Hall–Kier alpha value is -4.19. The Morgan fingerprint density at radius 1 is 1.10 bits per heavy atom. The molecule has 2 N–H and O–H groups in total. The number of carbonyl (C=O) groups is 1. The van der Waals surface area contributed by atoms with Crippen molar-refractivity contribution in [1.29, 1.82) is 0 Å². The highest BCUT2D eigenvalue weighted by Gasteiger charge is 2.34. The molecule has 1 amide bonds. The smallest absolute Gasteiger partial charge is 0.253 e. The lowest BCUT2D eigenvalue weighted by atomic mass is 9.88. The highest BCUT2D eigenvalue weighted by atomic mass is 16.1. The van der Waals surface area contributed by atoms with E-state index >= 15 is 0 Å². The summed E-state index contributed by atoms with van der Waals surface area (Å²) in [5, 5.41) is 23.7. The van der Waals surface area contributed by atoms with E-state index in [0.29, 0.717) is 23.3 Å². The number of amides is 1. The van der Waals surface area contributed by atoms with Gasteiger partial charge in [-0.05, 0) is 62.9 Å². The van der Waals surface area contributed by atoms with E-state index < -0.39 is 0 Å². The number of tetrazole rings is 1. The van der Waals surface area contributed by atoms with Crippen molar-refractivity contribution in [2.75, 3.05) is 29.9 Å². The number of fused-ring (bicyclic) bond motifs is 2. The number of aromatic amines is 1. The lowest BCUT2D eigenvalue weighted by molar-refractivity contribution is -0.113. The van der Waals surface area contributed by atoms with Crippen molar-refractivity contribution in [1.82, 2.24) is 45.3 Å². The quantitative estimate of drug-likeness (QED) is 0.389. The van der Waals surface area contributed by atoms with Crippen molar-refractivity contribution >= 4 is 28.3 Å². The molecule has 0 spiro atoms. The second-order valence-electron chi connectivity index (χ2n) is 11.0. The zero-order chi connectivity index (χ0) is 28.1. The Labute approximate surface area is 232 Å². The summed E-state index contributed by atoms with van der Waals surface area (Å²) < 4.78 is 1.72. The second-order valence-corrected chi connectivity index (χ2v) is 11.0. The monoisotopic (exact) mass is 541 g/mol. The average molecular weight is 542 g/mol. The van der Waals surface area contributed by atoms with Gasteiger partial charge in [-0.2, -0.15) is 5.10 Å². The number of allylic oxidation sites excluding steroid dienone is 1. The summed E-state index contributed by atoms with van der Waals surface area (Å²) in [4.78, 5) is 27.5. The van der Waals surface area contributed by atoms with Crippen LogP contribution in [0.4, 0.5) is 11.5 Å². The zero-order valence-electron chi connectivity index (χ0n) is 23.8. The molecule has 1 saturated heterocycles. The fourth-order valence-corrected chi connectivity index (χ4v) is 6.31. The van der Waals surface area contributed by atoms with E-state index in [1.165, 1.54) is 0 Å². The Bertz CT molecular complexity index is 1590. The summed E-state index contributed by atoms with van der Waals surface area (Å²) in [6.45, 7) is 15.5. The van der Waals surface area contributed by atoms with Gasteiger partial charge < -0.3 is 10.2 Å². The predicted octanol–water partition coefficient (Wildman–Crippen LogP) is 3.56. The van der Waals surface area contributed by atoms with Gasteiger partial charge in [0.2, 0.25) is 0 Å². The molecular formula is C28H35N11O. The molecular weight excluding hydrogens is 506 g/mol. The number of piperazine rings is 1. The van der Waals surface area contributed by atoms with Crippen LogP contribution in [-0.4, -0.2) is 82.9 Å². The number of anilines is 2. The Balaban J connectivity index is 1.27. The van der Waals surface area contributed by atoms with Crippen molar-refractivity contribution in [2.45, 2.75) is 65.6 Å². The summed E-state index contributed by atoms with van der Waals surface area (Å²) in [5.74, 6) is 1.45. The van der Waals surface area contributed by atoms with Gasteiger partial charge in [0, 0.05) is 53.8 Å². The molecule has 0 bridgehead atoms. The SMILES string of the molecule is CCN1[C@H](C)CN(c2cc(-c3n[nH]c4ccc(NC(=O)C5=C(C)C(C)c6nnnn6[C@@H]5C)cc34)ncn2)C[C@@H]1C. The number of benzene rings is 1. The van der Waals surface area contributed by atoms with Gasteiger partial charge in [-0.25, -0.2) is 14.6 Å². The third-order valence-corrected chi connectivity index (χ3v) is 8.52. The maximum Gasteiger partial charge on any atom is 0.253 e. The van der Waals surface area contributed by atoms with Crippen molar-refractivity contribution in [3.63, 3.8) is 0 Å². The summed E-state index contributed by atoms with van der Waals surface area (Å²) in [7, 11) is 0. The van der Waals surface area contributed by atoms with E-state index in [4.69, 9.17) is 0 Å². The molecule has 0 radical (unpaired) electrons. The van der Waals surface area contributed by atoms with Gasteiger partial charge in [-0.3, -0.25) is 14.8 Å². The molecule has 0 saturated carbocycles. The van der Waals surface area contributed by atoms with Crippen LogP contribution in [0, 0.1) is 0 Å². The molecule has 4 aromatic rings. The van der Waals surface area contributed by atoms with Gasteiger partial charge >= 0.3 is 0 Å². The average Bonchev–Trinajstić information content (AvgIpc) is 3.60. The maximum absolute atomic E-state index is 13.5. The maximum atomic E-state index is 13.5. The molecule has 208 valence electrons. The molecule has 12 heteroatoms. The predicted molar refractivity (Wildman–Crippen MR) is 153 cm³/mol. The fraction of sp³-hybridized carbons (Fsp3) is 0.464. The molecule has 6 rings (SSSR count). The highest BCUT2D eigenvalue weighted by molar-refractivity contribution is 6.06. The zero-order valence-corrected chi connectivity index (χ0v) is 23.8. The molecule has 4 atom stereocenters. The largest absolute Gasteiger partial charge is 0.353 e. The van der Waals surface area contributed by atoms with Gasteiger partial charge in [0.15, 0.2) is 5.82 Å². The third-order valence-electron chi connectivity index (χ3n) is 8.52.